The second-order valence-corrected chi connectivity index (χ2v) is 7.65. The molecule has 1 aromatic heterocycles. The second-order valence-electron chi connectivity index (χ2n) is 5.56. The Kier molecular flexibility index (Phi) is 5.29. The number of oxazole rings is 1. The van der Waals surface area contributed by atoms with Gasteiger partial charge in [0.15, 0.2) is 11.7 Å². The van der Waals surface area contributed by atoms with E-state index >= 15 is 0 Å². The molecule has 0 spiro atoms. The summed E-state index contributed by atoms with van der Waals surface area (Å²) in [5.74, 6) is 1.45. The molecule has 3 aromatic rings. The van der Waals surface area contributed by atoms with E-state index < -0.39 is 10.0 Å². The lowest BCUT2D eigenvalue weighted by atomic mass is 10.2. The largest absolute Gasteiger partial charge is 0.495 e. The Bertz CT molecular complexity index is 1080. The molecule has 142 valence electrons. The third kappa shape index (κ3) is 4.01. The molecule has 1 heterocycles. The first-order valence-corrected chi connectivity index (χ1v) is 9.67. The number of hydrogen-bond acceptors (Lipinski definition) is 6. The summed E-state index contributed by atoms with van der Waals surface area (Å²) in [5.41, 5.74) is 0.766. The molecule has 2 aromatic carbocycles. The predicted molar refractivity (Wildman–Crippen MR) is 102 cm³/mol. The number of methoxy groups -OCH3 is 2. The SMILES string of the molecule is COc1ccc(Cl)cc1NS(=O)(=O)c1cc(-c2cnc(C)o2)ccc1OC. The lowest BCUT2D eigenvalue weighted by molar-refractivity contribution is 0.403. The number of sulfonamides is 1. The quantitative estimate of drug-likeness (QED) is 0.659. The van der Waals surface area contributed by atoms with Gasteiger partial charge in [-0.05, 0) is 36.4 Å². The molecule has 0 bridgehead atoms. The van der Waals surface area contributed by atoms with E-state index in [-0.39, 0.29) is 16.3 Å². The number of halogens is 1. The Morgan fingerprint density at radius 3 is 2.41 bits per heavy atom. The van der Waals surface area contributed by atoms with E-state index in [0.717, 1.165) is 0 Å². The molecule has 0 radical (unpaired) electrons. The fourth-order valence-electron chi connectivity index (χ4n) is 2.49. The van der Waals surface area contributed by atoms with Crippen LogP contribution < -0.4 is 14.2 Å². The van der Waals surface area contributed by atoms with Crippen LogP contribution in [0.1, 0.15) is 5.89 Å². The summed E-state index contributed by atoms with van der Waals surface area (Å²) in [6.07, 6.45) is 1.53. The minimum atomic E-state index is -4.00. The molecule has 0 amide bonds. The highest BCUT2D eigenvalue weighted by Gasteiger charge is 2.23. The summed E-state index contributed by atoms with van der Waals surface area (Å²) in [6.45, 7) is 1.71. The van der Waals surface area contributed by atoms with Gasteiger partial charge in [0.05, 0.1) is 26.1 Å². The Hall–Kier alpha value is -2.71. The maximum Gasteiger partial charge on any atom is 0.265 e. The molecule has 1 N–H and O–H groups in total. The van der Waals surface area contributed by atoms with Gasteiger partial charge in [-0.25, -0.2) is 13.4 Å². The molecule has 0 saturated heterocycles. The Labute approximate surface area is 161 Å². The van der Waals surface area contributed by atoms with Crippen LogP contribution in [0.3, 0.4) is 0 Å². The van der Waals surface area contributed by atoms with Crippen molar-refractivity contribution in [2.75, 3.05) is 18.9 Å². The average Bonchev–Trinajstić information content (AvgIpc) is 3.07. The molecule has 27 heavy (non-hydrogen) atoms. The molecule has 9 heteroatoms. The summed E-state index contributed by atoms with van der Waals surface area (Å²) >= 11 is 5.98. The van der Waals surface area contributed by atoms with Crippen LogP contribution in [-0.2, 0) is 10.0 Å². The van der Waals surface area contributed by atoms with Crippen LogP contribution in [0.15, 0.2) is 51.9 Å². The minimum Gasteiger partial charge on any atom is -0.495 e. The van der Waals surface area contributed by atoms with E-state index in [4.69, 9.17) is 25.5 Å². The van der Waals surface area contributed by atoms with Gasteiger partial charge in [0.1, 0.15) is 16.4 Å². The highest BCUT2D eigenvalue weighted by Crippen LogP contribution is 2.34. The molecule has 0 saturated carbocycles. The van der Waals surface area contributed by atoms with Crippen LogP contribution in [0.4, 0.5) is 5.69 Å². The van der Waals surface area contributed by atoms with Crippen molar-refractivity contribution in [3.05, 3.63) is 53.5 Å². The molecule has 0 aliphatic rings. The molecule has 7 nitrogen and oxygen atoms in total. The standard InChI is InChI=1S/C18H17ClN2O5S/c1-11-20-10-17(26-11)12-4-6-16(25-3)18(8-12)27(22,23)21-14-9-13(19)5-7-15(14)24-2/h4-10,21H,1-3H3. The van der Waals surface area contributed by atoms with Gasteiger partial charge in [-0.1, -0.05) is 11.6 Å². The van der Waals surface area contributed by atoms with Gasteiger partial charge in [0.25, 0.3) is 10.0 Å². The Morgan fingerprint density at radius 2 is 1.78 bits per heavy atom. The Morgan fingerprint density at radius 1 is 1.07 bits per heavy atom. The van der Waals surface area contributed by atoms with Crippen LogP contribution in [0, 0.1) is 6.92 Å². The summed E-state index contributed by atoms with van der Waals surface area (Å²) in [6, 6.07) is 9.34. The highest BCUT2D eigenvalue weighted by atomic mass is 35.5. The van der Waals surface area contributed by atoms with E-state index in [2.05, 4.69) is 9.71 Å². The molecule has 0 aliphatic heterocycles. The Balaban J connectivity index is 2.07. The molecular formula is C18H17ClN2O5S. The molecule has 3 rings (SSSR count). The number of ether oxygens (including phenoxy) is 2. The van der Waals surface area contributed by atoms with Crippen molar-refractivity contribution in [2.24, 2.45) is 0 Å². The molecule has 0 atom stereocenters. The first kappa shape index (κ1) is 19.1. The van der Waals surface area contributed by atoms with Gasteiger partial charge in [0, 0.05) is 17.5 Å². The van der Waals surface area contributed by atoms with Gasteiger partial charge in [-0.15, -0.1) is 0 Å². The number of nitrogens with one attached hydrogen (secondary N) is 1. The van der Waals surface area contributed by atoms with Gasteiger partial charge < -0.3 is 13.9 Å². The van der Waals surface area contributed by atoms with Gasteiger partial charge in [0.2, 0.25) is 0 Å². The summed E-state index contributed by atoms with van der Waals surface area (Å²) < 4.78 is 44.4. The van der Waals surface area contributed by atoms with Crippen molar-refractivity contribution >= 4 is 27.3 Å². The first-order chi connectivity index (χ1) is 12.8. The molecule has 0 aliphatic carbocycles. The minimum absolute atomic E-state index is 0.0569. The number of rotatable bonds is 6. The summed E-state index contributed by atoms with van der Waals surface area (Å²) in [4.78, 5) is 3.98. The number of anilines is 1. The van der Waals surface area contributed by atoms with Crippen LogP contribution in [0.2, 0.25) is 5.02 Å². The van der Waals surface area contributed by atoms with E-state index in [0.29, 0.717) is 28.0 Å². The smallest absolute Gasteiger partial charge is 0.265 e. The average molecular weight is 409 g/mol. The van der Waals surface area contributed by atoms with Crippen LogP contribution in [0.25, 0.3) is 11.3 Å². The van der Waals surface area contributed by atoms with Crippen molar-refractivity contribution in [1.82, 2.24) is 4.98 Å². The van der Waals surface area contributed by atoms with Crippen molar-refractivity contribution in [3.63, 3.8) is 0 Å². The van der Waals surface area contributed by atoms with E-state index in [1.54, 1.807) is 31.2 Å². The zero-order valence-electron chi connectivity index (χ0n) is 14.8. The number of benzene rings is 2. The number of aromatic nitrogens is 1. The summed E-state index contributed by atoms with van der Waals surface area (Å²) in [7, 11) is -1.17. The maximum atomic E-state index is 13.0. The first-order valence-electron chi connectivity index (χ1n) is 7.81. The molecule has 0 fully saturated rings. The fourth-order valence-corrected chi connectivity index (χ4v) is 3.92. The third-order valence-corrected chi connectivity index (χ3v) is 5.39. The molecular weight excluding hydrogens is 392 g/mol. The number of hydrogen-bond donors (Lipinski definition) is 1. The fraction of sp³-hybridized carbons (Fsp3) is 0.167. The normalized spacial score (nSPS) is 11.3. The monoisotopic (exact) mass is 408 g/mol. The number of aryl methyl sites for hydroxylation is 1. The van der Waals surface area contributed by atoms with Crippen molar-refractivity contribution in [1.29, 1.82) is 0 Å². The second kappa shape index (κ2) is 7.50. The number of nitrogens with zero attached hydrogens (tertiary/aromatic N) is 1. The van der Waals surface area contributed by atoms with Crippen LogP contribution in [0.5, 0.6) is 11.5 Å². The zero-order chi connectivity index (χ0) is 19.6. The van der Waals surface area contributed by atoms with Crippen LogP contribution >= 0.6 is 11.6 Å². The van der Waals surface area contributed by atoms with Gasteiger partial charge >= 0.3 is 0 Å². The van der Waals surface area contributed by atoms with E-state index in [1.165, 1.54) is 32.5 Å². The van der Waals surface area contributed by atoms with Crippen LogP contribution in [-0.4, -0.2) is 27.6 Å². The van der Waals surface area contributed by atoms with Crippen molar-refractivity contribution in [2.45, 2.75) is 11.8 Å². The van der Waals surface area contributed by atoms with E-state index in [9.17, 15) is 8.42 Å². The third-order valence-electron chi connectivity index (χ3n) is 3.76. The van der Waals surface area contributed by atoms with Gasteiger partial charge in [-0.3, -0.25) is 4.72 Å². The lowest BCUT2D eigenvalue weighted by Gasteiger charge is -2.15. The van der Waals surface area contributed by atoms with Crippen molar-refractivity contribution in [3.8, 4) is 22.8 Å². The van der Waals surface area contributed by atoms with E-state index in [1.807, 2.05) is 0 Å². The molecule has 0 unspecified atom stereocenters. The topological polar surface area (TPSA) is 90.7 Å². The summed E-state index contributed by atoms with van der Waals surface area (Å²) in [5, 5.41) is 0.367. The van der Waals surface area contributed by atoms with Gasteiger partial charge in [-0.2, -0.15) is 0 Å². The zero-order valence-corrected chi connectivity index (χ0v) is 16.4. The van der Waals surface area contributed by atoms with Crippen molar-refractivity contribution < 1.29 is 22.3 Å². The highest BCUT2D eigenvalue weighted by molar-refractivity contribution is 7.92. The maximum absolute atomic E-state index is 13.0. The lowest BCUT2D eigenvalue weighted by Crippen LogP contribution is -2.15. The predicted octanol–water partition coefficient (Wildman–Crippen LogP) is 4.12.